The van der Waals surface area contributed by atoms with Crippen LogP contribution in [0.3, 0.4) is 0 Å². The van der Waals surface area contributed by atoms with Crippen LogP contribution in [0.4, 0.5) is 0 Å². The number of nitriles is 3. The molecule has 63 heavy (non-hydrogen) atoms. The van der Waals surface area contributed by atoms with E-state index in [1.807, 2.05) is 0 Å². The molecule has 12 fully saturated rings. The maximum absolute atomic E-state index is 11.1. The molecule has 0 aromatic rings. The Hall–Kier alpha value is -1.34. The second-order valence-electron chi connectivity index (χ2n) is 24.6. The highest BCUT2D eigenvalue weighted by Gasteiger charge is 2.62. The molecule has 5 saturated heterocycles. The summed E-state index contributed by atoms with van der Waals surface area (Å²) in [5.74, 6) is 7.61. The number of piperidine rings is 2. The Morgan fingerprint density at radius 1 is 0.381 bits per heavy atom. The number of hydrogen-bond donors (Lipinski definition) is 2. The van der Waals surface area contributed by atoms with E-state index in [9.17, 15) is 15.8 Å². The Morgan fingerprint density at radius 2 is 0.841 bits per heavy atom. The predicted molar refractivity (Wildman–Crippen MR) is 251 cm³/mol. The van der Waals surface area contributed by atoms with Crippen LogP contribution >= 0.6 is 11.8 Å². The molecule has 0 amide bonds. The van der Waals surface area contributed by atoms with Crippen LogP contribution in [0, 0.1) is 123 Å². The Balaban J connectivity index is 0.867. The minimum atomic E-state index is -0.177. The van der Waals surface area contributed by atoms with Crippen molar-refractivity contribution in [2.24, 2.45) is 88.8 Å². The van der Waals surface area contributed by atoms with E-state index in [-0.39, 0.29) is 23.7 Å². The van der Waals surface area contributed by atoms with Crippen molar-refractivity contribution >= 4 is 11.8 Å². The van der Waals surface area contributed by atoms with Gasteiger partial charge in [0.25, 0.3) is 0 Å². The van der Waals surface area contributed by atoms with Crippen LogP contribution in [0.15, 0.2) is 0 Å². The Kier molecular flexibility index (Phi) is 12.5. The van der Waals surface area contributed by atoms with Crippen molar-refractivity contribution in [3.63, 3.8) is 0 Å². The third kappa shape index (κ3) is 7.43. The topological polar surface area (TPSA) is 102 Å². The third-order valence-corrected chi connectivity index (χ3v) is 24.2. The van der Waals surface area contributed by atoms with E-state index in [2.05, 4.69) is 50.4 Å². The minimum absolute atomic E-state index is 0.105. The van der Waals surface area contributed by atoms with Gasteiger partial charge in [0.15, 0.2) is 0 Å². The molecule has 8 heteroatoms. The number of nitrogens with one attached hydrogen (secondary N) is 2. The minimum Gasteiger partial charge on any atom is -0.301 e. The Bertz CT molecular complexity index is 1670. The van der Waals surface area contributed by atoms with Crippen molar-refractivity contribution in [1.82, 2.24) is 20.4 Å². The van der Waals surface area contributed by atoms with Gasteiger partial charge >= 0.3 is 0 Å². The first kappa shape index (κ1) is 43.0. The monoisotopic (exact) mass is 874 g/mol. The second-order valence-corrected chi connectivity index (χ2v) is 26.1. The van der Waals surface area contributed by atoms with Crippen LogP contribution in [-0.2, 0) is 0 Å². The predicted octanol–water partition coefficient (Wildman–Crippen LogP) is 10.9. The Morgan fingerprint density at radius 3 is 1.30 bits per heavy atom. The van der Waals surface area contributed by atoms with Gasteiger partial charge in [-0.15, -0.1) is 0 Å². The van der Waals surface area contributed by atoms with Gasteiger partial charge in [-0.2, -0.15) is 27.5 Å². The fraction of sp³-hybridized carbons (Fsp3) is 0.945. The van der Waals surface area contributed by atoms with E-state index >= 15 is 0 Å². The lowest BCUT2D eigenvalue weighted by atomic mass is 9.47. The van der Waals surface area contributed by atoms with Crippen molar-refractivity contribution in [3.8, 4) is 18.2 Å². The molecule has 0 aromatic carbocycles. The van der Waals surface area contributed by atoms with E-state index in [1.165, 1.54) is 161 Å². The average molecular weight is 874 g/mol. The van der Waals surface area contributed by atoms with E-state index in [0.717, 1.165) is 72.1 Å². The quantitative estimate of drug-likeness (QED) is 0.282. The number of nitrogens with zero attached hydrogens (tertiary/aromatic N) is 5. The van der Waals surface area contributed by atoms with Crippen molar-refractivity contribution in [3.05, 3.63) is 0 Å². The van der Waals surface area contributed by atoms with Gasteiger partial charge in [0.2, 0.25) is 0 Å². The third-order valence-electron chi connectivity index (χ3n) is 22.4. The molecular weight excluding hydrogens is 791 g/mol. The van der Waals surface area contributed by atoms with E-state index in [4.69, 9.17) is 0 Å². The molecular formula is C55H83N7S. The number of rotatable bonds is 5. The highest BCUT2D eigenvalue weighted by molar-refractivity contribution is 8.00. The zero-order chi connectivity index (χ0) is 42.2. The van der Waals surface area contributed by atoms with Crippen molar-refractivity contribution in [2.45, 2.75) is 220 Å². The van der Waals surface area contributed by atoms with Gasteiger partial charge in [-0.05, 0) is 193 Å². The van der Waals surface area contributed by atoms with Gasteiger partial charge in [-0.1, -0.05) is 64.2 Å². The van der Waals surface area contributed by atoms with E-state index in [0.29, 0.717) is 65.9 Å². The largest absolute Gasteiger partial charge is 0.301 e. The molecule has 344 valence electrons. The van der Waals surface area contributed by atoms with Gasteiger partial charge in [0, 0.05) is 40.6 Å². The molecule has 12 rings (SSSR count). The standard InChI is InChI=1S/C55H83N7S/c56-28-33-25-36(29-57)52(37(26-33)30-58)55-53(35-22-24-51(60-32-35)62-46-18-8-3-13-40(46)41-14-4-9-19-47(41)62)43(27-49-54(55)42-15-5-10-20-48(42)63-49)34-21-23-50(59-31-34)61-44-16-6-1-11-38(44)39-12-2-7-17-45(39)61/h33-55,59-60H,1-27,31-32H2. The molecule has 5 aliphatic heterocycles. The van der Waals surface area contributed by atoms with E-state index < -0.39 is 0 Å². The van der Waals surface area contributed by atoms with Crippen molar-refractivity contribution in [2.75, 3.05) is 13.1 Å². The van der Waals surface area contributed by atoms with Gasteiger partial charge in [0.1, 0.15) is 0 Å². The van der Waals surface area contributed by atoms with Crippen LogP contribution in [0.25, 0.3) is 0 Å². The number of thioether (sulfide) groups is 1. The summed E-state index contributed by atoms with van der Waals surface area (Å²) in [7, 11) is 0. The summed E-state index contributed by atoms with van der Waals surface area (Å²) in [5.41, 5.74) is 0. The fourth-order valence-electron chi connectivity index (χ4n) is 20.3. The highest BCUT2D eigenvalue weighted by Crippen LogP contribution is 2.66. The van der Waals surface area contributed by atoms with Crippen molar-refractivity contribution < 1.29 is 0 Å². The molecule has 2 N–H and O–H groups in total. The molecule has 0 bridgehead atoms. The van der Waals surface area contributed by atoms with Crippen molar-refractivity contribution in [1.29, 1.82) is 15.8 Å². The van der Waals surface area contributed by atoms with Crippen LogP contribution in [0.1, 0.15) is 173 Å². The SMILES string of the molecule is N#CC1CC(C#N)C(C2C(C3CCC(N4C5CCCCC5C5CCCCC54)NC3)C(C3CCC(N4C5CCCCC5C5CCCCC54)NC3)CC3SC4CCCCC4C32)C(C#N)C1. The van der Waals surface area contributed by atoms with Crippen LogP contribution in [0.2, 0.25) is 0 Å². The summed E-state index contributed by atoms with van der Waals surface area (Å²) in [5, 5.41) is 42.8. The van der Waals surface area contributed by atoms with Gasteiger partial charge in [0.05, 0.1) is 42.4 Å². The molecule has 5 heterocycles. The highest BCUT2D eigenvalue weighted by atomic mass is 32.2. The Labute approximate surface area is 386 Å². The number of fused-ring (bicyclic) bond motifs is 9. The molecule has 12 aliphatic rings. The molecule has 21 atom stereocenters. The maximum atomic E-state index is 11.1. The summed E-state index contributed by atoms with van der Waals surface area (Å²) in [4.78, 5) is 6.24. The summed E-state index contributed by atoms with van der Waals surface area (Å²) in [6.07, 6.45) is 37.6. The molecule has 7 nitrogen and oxygen atoms in total. The van der Waals surface area contributed by atoms with Crippen LogP contribution < -0.4 is 10.6 Å². The fourth-order valence-corrected chi connectivity index (χ4v) is 22.5. The van der Waals surface area contributed by atoms with Crippen LogP contribution in [-0.4, -0.2) is 69.9 Å². The van der Waals surface area contributed by atoms with E-state index in [1.54, 1.807) is 0 Å². The zero-order valence-electron chi connectivity index (χ0n) is 38.9. The average Bonchev–Trinajstić information content (AvgIpc) is 4.01. The van der Waals surface area contributed by atoms with Gasteiger partial charge in [-0.25, -0.2) is 0 Å². The lowest BCUT2D eigenvalue weighted by Gasteiger charge is -2.58. The molecule has 7 saturated carbocycles. The first-order valence-electron chi connectivity index (χ1n) is 28.0. The van der Waals surface area contributed by atoms with Gasteiger partial charge < -0.3 is 10.6 Å². The maximum Gasteiger partial charge on any atom is 0.0659 e. The molecule has 21 unspecified atom stereocenters. The first-order chi connectivity index (χ1) is 31.1. The molecule has 7 aliphatic carbocycles. The second kappa shape index (κ2) is 18.3. The summed E-state index contributed by atoms with van der Waals surface area (Å²) in [6.45, 7) is 2.28. The lowest BCUT2D eigenvalue weighted by molar-refractivity contribution is -0.0808. The normalized spacial score (nSPS) is 53.6. The first-order valence-corrected chi connectivity index (χ1v) is 28.9. The van der Waals surface area contributed by atoms with Crippen LogP contribution in [0.5, 0.6) is 0 Å². The number of likely N-dealkylation sites (tertiary alicyclic amines) is 2. The molecule has 0 spiro atoms. The zero-order valence-corrected chi connectivity index (χ0v) is 39.7. The summed E-state index contributed by atoms with van der Waals surface area (Å²) in [6, 6.07) is 11.6. The molecule has 0 aromatic heterocycles. The lowest BCUT2D eigenvalue weighted by Crippen LogP contribution is -2.61. The summed E-state index contributed by atoms with van der Waals surface area (Å²) >= 11 is 2.40. The molecule has 0 radical (unpaired) electrons. The van der Waals surface area contributed by atoms with Gasteiger partial charge in [-0.3, -0.25) is 9.80 Å². The summed E-state index contributed by atoms with van der Waals surface area (Å²) < 4.78 is 0. The number of hydrogen-bond acceptors (Lipinski definition) is 8. The smallest absolute Gasteiger partial charge is 0.0659 e.